The van der Waals surface area contributed by atoms with E-state index >= 15 is 0 Å². The van der Waals surface area contributed by atoms with E-state index in [1.807, 2.05) is 0 Å². The summed E-state index contributed by atoms with van der Waals surface area (Å²) in [5.74, 6) is 1.59. The van der Waals surface area contributed by atoms with Crippen LogP contribution in [0, 0.1) is 5.82 Å². The largest absolute Gasteiger partial charge is 0.338 e. The van der Waals surface area contributed by atoms with Crippen LogP contribution in [0.5, 0.6) is 0 Å². The lowest BCUT2D eigenvalue weighted by Gasteiger charge is -2.34. The van der Waals surface area contributed by atoms with Gasteiger partial charge < -0.3 is 9.42 Å². The zero-order valence-electron chi connectivity index (χ0n) is 13.3. The molecule has 1 saturated heterocycles. The minimum atomic E-state index is -0.332. The summed E-state index contributed by atoms with van der Waals surface area (Å²) in [5, 5.41) is 4.03. The second kappa shape index (κ2) is 6.32. The van der Waals surface area contributed by atoms with Gasteiger partial charge in [0.05, 0.1) is 6.54 Å². The summed E-state index contributed by atoms with van der Waals surface area (Å²) in [4.78, 5) is 20.9. The predicted octanol–water partition coefficient (Wildman–Crippen LogP) is 2.04. The van der Waals surface area contributed by atoms with Crippen molar-refractivity contribution in [1.29, 1.82) is 0 Å². The number of amides is 1. The maximum absolute atomic E-state index is 13.0. The lowest BCUT2D eigenvalue weighted by atomic mass is 10.2. The molecule has 1 aromatic carbocycles. The topological polar surface area (TPSA) is 62.5 Å². The van der Waals surface area contributed by atoms with Crippen molar-refractivity contribution in [3.8, 4) is 0 Å². The van der Waals surface area contributed by atoms with Crippen LogP contribution < -0.4 is 0 Å². The van der Waals surface area contributed by atoms with Crippen molar-refractivity contribution in [2.24, 2.45) is 0 Å². The van der Waals surface area contributed by atoms with E-state index in [1.165, 1.54) is 24.3 Å². The van der Waals surface area contributed by atoms with Gasteiger partial charge in [-0.1, -0.05) is 5.16 Å². The number of nitrogens with zero attached hydrogens (tertiary/aromatic N) is 4. The van der Waals surface area contributed by atoms with E-state index in [-0.39, 0.29) is 11.7 Å². The number of rotatable bonds is 4. The second-order valence-electron chi connectivity index (χ2n) is 6.40. The van der Waals surface area contributed by atoms with Crippen LogP contribution in [0.4, 0.5) is 4.39 Å². The van der Waals surface area contributed by atoms with Gasteiger partial charge in [0.2, 0.25) is 5.89 Å². The summed E-state index contributed by atoms with van der Waals surface area (Å²) in [7, 11) is 0. The normalized spacial score (nSPS) is 18.8. The number of hydrogen-bond donors (Lipinski definition) is 0. The highest BCUT2D eigenvalue weighted by molar-refractivity contribution is 5.94. The summed E-state index contributed by atoms with van der Waals surface area (Å²) in [6, 6.07) is 5.69. The first kappa shape index (κ1) is 15.3. The summed E-state index contributed by atoms with van der Waals surface area (Å²) < 4.78 is 18.3. The van der Waals surface area contributed by atoms with Gasteiger partial charge >= 0.3 is 0 Å². The van der Waals surface area contributed by atoms with Gasteiger partial charge in [0.15, 0.2) is 5.82 Å². The molecular weight excluding hydrogens is 311 g/mol. The van der Waals surface area contributed by atoms with E-state index in [0.717, 1.165) is 31.8 Å². The van der Waals surface area contributed by atoms with E-state index < -0.39 is 0 Å². The molecule has 1 aromatic heterocycles. The van der Waals surface area contributed by atoms with Gasteiger partial charge in [0.25, 0.3) is 5.91 Å². The highest BCUT2D eigenvalue weighted by Crippen LogP contribution is 2.38. The second-order valence-corrected chi connectivity index (χ2v) is 6.40. The van der Waals surface area contributed by atoms with Gasteiger partial charge in [-0.2, -0.15) is 4.98 Å². The SMILES string of the molecule is O=C(c1ccc(F)cc1)N1CCN(Cc2nc(C3CC3)no2)CC1. The van der Waals surface area contributed by atoms with E-state index in [4.69, 9.17) is 4.52 Å². The average Bonchev–Trinajstić information content (AvgIpc) is 3.36. The Hall–Kier alpha value is -2.28. The molecule has 1 aliphatic carbocycles. The third-order valence-corrected chi connectivity index (χ3v) is 4.54. The number of carbonyl (C=O) groups excluding carboxylic acids is 1. The number of hydrogen-bond acceptors (Lipinski definition) is 5. The molecule has 24 heavy (non-hydrogen) atoms. The molecule has 7 heteroatoms. The third-order valence-electron chi connectivity index (χ3n) is 4.54. The van der Waals surface area contributed by atoms with Gasteiger partial charge in [0, 0.05) is 37.7 Å². The Kier molecular flexibility index (Phi) is 4.02. The fourth-order valence-corrected chi connectivity index (χ4v) is 2.92. The molecule has 0 bridgehead atoms. The van der Waals surface area contributed by atoms with Crippen LogP contribution in [0.2, 0.25) is 0 Å². The monoisotopic (exact) mass is 330 g/mol. The van der Waals surface area contributed by atoms with Crippen LogP contribution >= 0.6 is 0 Å². The van der Waals surface area contributed by atoms with Crippen LogP contribution in [0.25, 0.3) is 0 Å². The molecule has 1 saturated carbocycles. The lowest BCUT2D eigenvalue weighted by Crippen LogP contribution is -2.48. The van der Waals surface area contributed by atoms with E-state index in [1.54, 1.807) is 4.90 Å². The van der Waals surface area contributed by atoms with Crippen molar-refractivity contribution < 1.29 is 13.7 Å². The van der Waals surface area contributed by atoms with Crippen molar-refractivity contribution in [1.82, 2.24) is 19.9 Å². The molecule has 2 heterocycles. The van der Waals surface area contributed by atoms with Crippen molar-refractivity contribution in [3.63, 3.8) is 0 Å². The molecular formula is C17H19FN4O2. The number of halogens is 1. The summed E-state index contributed by atoms with van der Waals surface area (Å²) in [6.45, 7) is 3.42. The molecule has 2 aromatic rings. The Morgan fingerprint density at radius 1 is 1.17 bits per heavy atom. The van der Waals surface area contributed by atoms with E-state index in [2.05, 4.69) is 15.0 Å². The molecule has 2 aliphatic rings. The van der Waals surface area contributed by atoms with Crippen LogP contribution in [0.3, 0.4) is 0 Å². The maximum atomic E-state index is 13.0. The molecule has 0 N–H and O–H groups in total. The van der Waals surface area contributed by atoms with Gasteiger partial charge in [-0.3, -0.25) is 9.69 Å². The molecule has 126 valence electrons. The molecule has 4 rings (SSSR count). The Balaban J connectivity index is 1.30. The predicted molar refractivity (Wildman–Crippen MR) is 83.9 cm³/mol. The van der Waals surface area contributed by atoms with Gasteiger partial charge in [0.1, 0.15) is 5.82 Å². The quantitative estimate of drug-likeness (QED) is 0.858. The Morgan fingerprint density at radius 3 is 2.54 bits per heavy atom. The number of piperazine rings is 1. The first-order valence-corrected chi connectivity index (χ1v) is 8.29. The van der Waals surface area contributed by atoms with Crippen molar-refractivity contribution >= 4 is 5.91 Å². The maximum Gasteiger partial charge on any atom is 0.253 e. The molecule has 1 amide bonds. The van der Waals surface area contributed by atoms with Crippen LogP contribution in [-0.4, -0.2) is 52.0 Å². The summed E-state index contributed by atoms with van der Waals surface area (Å²) >= 11 is 0. The fraction of sp³-hybridized carbons (Fsp3) is 0.471. The number of benzene rings is 1. The highest BCUT2D eigenvalue weighted by atomic mass is 19.1. The molecule has 0 atom stereocenters. The zero-order chi connectivity index (χ0) is 16.5. The Bertz CT molecular complexity index is 718. The van der Waals surface area contributed by atoms with Crippen LogP contribution in [0.15, 0.2) is 28.8 Å². The van der Waals surface area contributed by atoms with Gasteiger partial charge in [-0.05, 0) is 37.1 Å². The molecule has 1 aliphatic heterocycles. The zero-order valence-corrected chi connectivity index (χ0v) is 13.3. The van der Waals surface area contributed by atoms with Crippen molar-refractivity contribution in [3.05, 3.63) is 47.4 Å². The highest BCUT2D eigenvalue weighted by Gasteiger charge is 2.29. The number of carbonyl (C=O) groups is 1. The minimum Gasteiger partial charge on any atom is -0.338 e. The molecule has 0 radical (unpaired) electrons. The van der Waals surface area contributed by atoms with E-state index in [9.17, 15) is 9.18 Å². The third kappa shape index (κ3) is 3.31. The Labute approximate surface area is 139 Å². The summed E-state index contributed by atoms with van der Waals surface area (Å²) in [6.07, 6.45) is 2.31. The van der Waals surface area contributed by atoms with Gasteiger partial charge in [-0.25, -0.2) is 4.39 Å². The minimum absolute atomic E-state index is 0.0524. The Morgan fingerprint density at radius 2 is 1.88 bits per heavy atom. The smallest absolute Gasteiger partial charge is 0.253 e. The first-order valence-electron chi connectivity index (χ1n) is 8.29. The molecule has 0 spiro atoms. The summed E-state index contributed by atoms with van der Waals surface area (Å²) in [5.41, 5.74) is 0.524. The van der Waals surface area contributed by atoms with E-state index in [0.29, 0.717) is 37.0 Å². The standard InChI is InChI=1S/C17H19FN4O2/c18-14-5-3-13(4-6-14)17(23)22-9-7-21(8-10-22)11-15-19-16(20-24-15)12-1-2-12/h3-6,12H,1-2,7-11H2. The lowest BCUT2D eigenvalue weighted by molar-refractivity contribution is 0.0615. The fourth-order valence-electron chi connectivity index (χ4n) is 2.92. The molecule has 0 unspecified atom stereocenters. The van der Waals surface area contributed by atoms with Crippen molar-refractivity contribution in [2.45, 2.75) is 25.3 Å². The van der Waals surface area contributed by atoms with Crippen LogP contribution in [-0.2, 0) is 6.54 Å². The molecule has 6 nitrogen and oxygen atoms in total. The number of aromatic nitrogens is 2. The van der Waals surface area contributed by atoms with Crippen LogP contribution in [0.1, 0.15) is 40.8 Å². The van der Waals surface area contributed by atoms with Crippen molar-refractivity contribution in [2.75, 3.05) is 26.2 Å². The van der Waals surface area contributed by atoms with Gasteiger partial charge in [-0.15, -0.1) is 0 Å². The first-order chi connectivity index (χ1) is 11.7. The average molecular weight is 330 g/mol. The molecule has 2 fully saturated rings.